The van der Waals surface area contributed by atoms with E-state index in [1.807, 2.05) is 31.2 Å². The molecule has 0 atom stereocenters. The van der Waals surface area contributed by atoms with Gasteiger partial charge in [-0.25, -0.2) is 0 Å². The Morgan fingerprint density at radius 3 is 2.52 bits per heavy atom. The van der Waals surface area contributed by atoms with Gasteiger partial charge >= 0.3 is 0 Å². The molecular formula is C23H26N2O4. The first-order valence-corrected chi connectivity index (χ1v) is 9.97. The number of piperazine rings is 1. The van der Waals surface area contributed by atoms with Crippen LogP contribution in [0.2, 0.25) is 0 Å². The minimum Gasteiger partial charge on any atom is -0.507 e. The van der Waals surface area contributed by atoms with Crippen LogP contribution in [0.3, 0.4) is 0 Å². The molecule has 1 saturated heterocycles. The van der Waals surface area contributed by atoms with Gasteiger partial charge in [0.1, 0.15) is 11.5 Å². The lowest BCUT2D eigenvalue weighted by atomic mass is 10.0. The van der Waals surface area contributed by atoms with Crippen molar-refractivity contribution in [1.82, 2.24) is 9.80 Å². The lowest BCUT2D eigenvalue weighted by Gasteiger charge is -2.34. The summed E-state index contributed by atoms with van der Waals surface area (Å²) in [7, 11) is 0. The van der Waals surface area contributed by atoms with Crippen molar-refractivity contribution in [2.24, 2.45) is 0 Å². The smallest absolute Gasteiger partial charge is 0.231 e. The molecule has 0 spiro atoms. The molecule has 0 aliphatic carbocycles. The monoisotopic (exact) mass is 394 g/mol. The van der Waals surface area contributed by atoms with Gasteiger partial charge in [-0.15, -0.1) is 0 Å². The molecule has 29 heavy (non-hydrogen) atoms. The van der Waals surface area contributed by atoms with Crippen LogP contribution in [0.1, 0.15) is 27.0 Å². The third kappa shape index (κ3) is 4.05. The fraction of sp³-hybridized carbons (Fsp3) is 0.348. The number of Topliss-reactive ketones (excluding diaryl/α,β-unsaturated/α-hetero) is 1. The molecule has 152 valence electrons. The first-order valence-electron chi connectivity index (χ1n) is 9.97. The number of nitrogens with zero attached hydrogens (tertiary/aromatic N) is 2. The molecule has 6 nitrogen and oxygen atoms in total. The molecular weight excluding hydrogens is 368 g/mol. The number of allylic oxidation sites excluding steroid dienone is 1. The van der Waals surface area contributed by atoms with Crippen molar-refractivity contribution in [2.45, 2.75) is 13.5 Å². The van der Waals surface area contributed by atoms with Gasteiger partial charge in [-0.05, 0) is 36.3 Å². The van der Waals surface area contributed by atoms with E-state index in [4.69, 9.17) is 9.84 Å². The van der Waals surface area contributed by atoms with Gasteiger partial charge in [-0.1, -0.05) is 24.3 Å². The summed E-state index contributed by atoms with van der Waals surface area (Å²) in [6.45, 7) is 6.78. The number of aliphatic hydroxyl groups is 1. The van der Waals surface area contributed by atoms with Crippen molar-refractivity contribution in [1.29, 1.82) is 0 Å². The van der Waals surface area contributed by atoms with E-state index >= 15 is 0 Å². The number of hydrogen-bond donors (Lipinski definition) is 2. The van der Waals surface area contributed by atoms with Gasteiger partial charge in [0.2, 0.25) is 5.78 Å². The molecule has 0 amide bonds. The summed E-state index contributed by atoms with van der Waals surface area (Å²) in [6.07, 6.45) is 1.77. The van der Waals surface area contributed by atoms with Crippen molar-refractivity contribution >= 4 is 11.9 Å². The standard InChI is InChI=1S/C23H26N2O4/c1-16-4-2-3-5-17(16)14-21-22(28)18-6-7-20(27)19(23(18)29-21)15-25-10-8-24(9-11-25)12-13-26/h2-7,14,26-27H,8-13,15H2,1H3. The van der Waals surface area contributed by atoms with Gasteiger partial charge < -0.3 is 14.9 Å². The number of benzene rings is 2. The Morgan fingerprint density at radius 2 is 1.79 bits per heavy atom. The van der Waals surface area contributed by atoms with E-state index in [0.29, 0.717) is 30.0 Å². The van der Waals surface area contributed by atoms with Crippen LogP contribution in [-0.2, 0) is 6.54 Å². The van der Waals surface area contributed by atoms with E-state index in [2.05, 4.69) is 9.80 Å². The van der Waals surface area contributed by atoms with Crippen molar-refractivity contribution in [3.8, 4) is 11.5 Å². The maximum absolute atomic E-state index is 12.9. The van der Waals surface area contributed by atoms with Crippen LogP contribution in [0.4, 0.5) is 0 Å². The third-order valence-corrected chi connectivity index (χ3v) is 5.65. The normalized spacial score (nSPS) is 18.8. The van der Waals surface area contributed by atoms with Crippen LogP contribution in [0.25, 0.3) is 6.08 Å². The lowest BCUT2D eigenvalue weighted by Crippen LogP contribution is -2.46. The molecule has 0 radical (unpaired) electrons. The van der Waals surface area contributed by atoms with Gasteiger partial charge in [-0.2, -0.15) is 0 Å². The molecule has 0 saturated carbocycles. The molecule has 2 aromatic carbocycles. The van der Waals surface area contributed by atoms with E-state index in [1.165, 1.54) is 0 Å². The molecule has 2 aromatic rings. The summed E-state index contributed by atoms with van der Waals surface area (Å²) in [5, 5.41) is 19.6. The molecule has 2 aliphatic rings. The van der Waals surface area contributed by atoms with Crippen LogP contribution in [0.15, 0.2) is 42.2 Å². The lowest BCUT2D eigenvalue weighted by molar-refractivity contribution is 0.101. The summed E-state index contributed by atoms with van der Waals surface area (Å²) in [4.78, 5) is 17.3. The number of hydrogen-bond acceptors (Lipinski definition) is 6. The van der Waals surface area contributed by atoms with E-state index < -0.39 is 0 Å². The summed E-state index contributed by atoms with van der Waals surface area (Å²) in [5.74, 6) is 0.741. The van der Waals surface area contributed by atoms with Gasteiger partial charge in [0, 0.05) is 39.3 Å². The number of ketones is 1. The zero-order chi connectivity index (χ0) is 20.4. The summed E-state index contributed by atoms with van der Waals surface area (Å²) in [5.41, 5.74) is 3.15. The Balaban J connectivity index is 1.56. The minimum absolute atomic E-state index is 0.145. The second kappa shape index (κ2) is 8.37. The van der Waals surface area contributed by atoms with E-state index in [9.17, 15) is 9.90 Å². The molecule has 2 heterocycles. The van der Waals surface area contributed by atoms with Gasteiger partial charge in [-0.3, -0.25) is 14.6 Å². The second-order valence-electron chi connectivity index (χ2n) is 7.58. The Kier molecular flexibility index (Phi) is 5.67. The van der Waals surface area contributed by atoms with Crippen molar-refractivity contribution < 1.29 is 19.7 Å². The molecule has 0 unspecified atom stereocenters. The predicted molar refractivity (Wildman–Crippen MR) is 111 cm³/mol. The zero-order valence-corrected chi connectivity index (χ0v) is 16.6. The minimum atomic E-state index is -0.155. The number of aliphatic hydroxyl groups excluding tert-OH is 1. The topological polar surface area (TPSA) is 73.2 Å². The maximum atomic E-state index is 12.9. The van der Waals surface area contributed by atoms with Gasteiger partial charge in [0.15, 0.2) is 5.76 Å². The Hall–Kier alpha value is -2.67. The van der Waals surface area contributed by atoms with Crippen LogP contribution >= 0.6 is 0 Å². The highest BCUT2D eigenvalue weighted by Gasteiger charge is 2.32. The van der Waals surface area contributed by atoms with Crippen LogP contribution in [0, 0.1) is 6.92 Å². The molecule has 4 rings (SSSR count). The quantitative estimate of drug-likeness (QED) is 0.759. The van der Waals surface area contributed by atoms with Gasteiger partial charge in [0.25, 0.3) is 0 Å². The summed E-state index contributed by atoms with van der Waals surface area (Å²) in [6, 6.07) is 11.0. The molecule has 6 heteroatoms. The maximum Gasteiger partial charge on any atom is 0.231 e. The van der Waals surface area contributed by atoms with Crippen LogP contribution in [-0.4, -0.2) is 65.1 Å². The average Bonchev–Trinajstić information content (AvgIpc) is 3.03. The van der Waals surface area contributed by atoms with Crippen LogP contribution in [0.5, 0.6) is 11.5 Å². The molecule has 2 N–H and O–H groups in total. The first kappa shape index (κ1) is 19.6. The van der Waals surface area contributed by atoms with Crippen molar-refractivity contribution in [3.05, 3.63) is 64.4 Å². The Bertz CT molecular complexity index is 946. The summed E-state index contributed by atoms with van der Waals surface area (Å²) >= 11 is 0. The zero-order valence-electron chi connectivity index (χ0n) is 16.6. The molecule has 2 aliphatic heterocycles. The van der Waals surface area contributed by atoms with Crippen molar-refractivity contribution in [3.63, 3.8) is 0 Å². The predicted octanol–water partition coefficient (Wildman–Crippen LogP) is 2.43. The average molecular weight is 394 g/mol. The SMILES string of the molecule is Cc1ccccc1C=C1Oc2c(ccc(O)c2CN2CCN(CCO)CC2)C1=O. The molecule has 0 aromatic heterocycles. The fourth-order valence-electron chi connectivity index (χ4n) is 3.88. The van der Waals surface area contributed by atoms with E-state index in [-0.39, 0.29) is 23.9 Å². The highest BCUT2D eigenvalue weighted by Crippen LogP contribution is 2.40. The molecule has 1 fully saturated rings. The van der Waals surface area contributed by atoms with Crippen LogP contribution < -0.4 is 4.74 Å². The van der Waals surface area contributed by atoms with E-state index in [0.717, 1.165) is 37.3 Å². The third-order valence-electron chi connectivity index (χ3n) is 5.65. The summed E-state index contributed by atoms with van der Waals surface area (Å²) < 4.78 is 5.97. The highest BCUT2D eigenvalue weighted by molar-refractivity contribution is 6.15. The van der Waals surface area contributed by atoms with E-state index in [1.54, 1.807) is 18.2 Å². The number of fused-ring (bicyclic) bond motifs is 1. The number of β-amino-alcohol motifs (C(OH)–C–C–N with tert-alkyl or cyclic N) is 1. The largest absolute Gasteiger partial charge is 0.507 e. The second-order valence-corrected chi connectivity index (χ2v) is 7.58. The number of aromatic hydroxyl groups is 1. The van der Waals surface area contributed by atoms with Gasteiger partial charge in [0.05, 0.1) is 17.7 Å². The fourth-order valence-corrected chi connectivity index (χ4v) is 3.88. The number of ether oxygens (including phenoxy) is 1. The Labute approximate surface area is 170 Å². The molecule has 0 bridgehead atoms. The highest BCUT2D eigenvalue weighted by atomic mass is 16.5. The number of carbonyl (C=O) groups excluding carboxylic acids is 1. The number of phenols is 1. The Morgan fingerprint density at radius 1 is 1.07 bits per heavy atom. The number of rotatable bonds is 5. The van der Waals surface area contributed by atoms with Crippen molar-refractivity contribution in [2.75, 3.05) is 39.3 Å². The number of aryl methyl sites for hydroxylation is 1. The first-order chi connectivity index (χ1) is 14.1. The number of phenolic OH excluding ortho intramolecular Hbond substituents is 1. The number of carbonyl (C=O) groups is 1.